The van der Waals surface area contributed by atoms with Crippen LogP contribution in [0.2, 0.25) is 0 Å². The van der Waals surface area contributed by atoms with Crippen LogP contribution in [0, 0.1) is 0 Å². The van der Waals surface area contributed by atoms with Crippen molar-refractivity contribution in [3.05, 3.63) is 78.1 Å². The molecule has 0 aliphatic heterocycles. The van der Waals surface area contributed by atoms with Gasteiger partial charge in [0.05, 0.1) is 18.4 Å². The number of hydrogen-bond donors (Lipinski definition) is 2. The van der Waals surface area contributed by atoms with Crippen LogP contribution in [0.5, 0.6) is 0 Å². The first-order valence-corrected chi connectivity index (χ1v) is 6.94. The number of carbonyl (C=O) groups excluding carboxylic acids is 1. The fourth-order valence-corrected chi connectivity index (χ4v) is 2.17. The molecule has 110 valence electrons. The zero-order valence-corrected chi connectivity index (χ0v) is 11.9. The van der Waals surface area contributed by atoms with E-state index in [1.807, 2.05) is 30.3 Å². The predicted molar refractivity (Wildman–Crippen MR) is 86.6 cm³/mol. The van der Waals surface area contributed by atoms with Gasteiger partial charge in [0.2, 0.25) is 0 Å². The van der Waals surface area contributed by atoms with Crippen LogP contribution in [0.1, 0.15) is 15.9 Å². The van der Waals surface area contributed by atoms with Crippen molar-refractivity contribution in [2.45, 2.75) is 6.54 Å². The smallest absolute Gasteiger partial charge is 0.255 e. The number of nitrogens with one attached hydrogen (secondary N) is 1. The minimum Gasteiger partial charge on any atom is -0.399 e. The van der Waals surface area contributed by atoms with E-state index >= 15 is 0 Å². The highest BCUT2D eigenvalue weighted by atomic mass is 16.1. The van der Waals surface area contributed by atoms with Crippen molar-refractivity contribution in [2.75, 3.05) is 11.1 Å². The van der Waals surface area contributed by atoms with Crippen LogP contribution < -0.4 is 11.1 Å². The van der Waals surface area contributed by atoms with Gasteiger partial charge in [-0.1, -0.05) is 36.4 Å². The number of rotatable bonds is 4. The molecule has 0 bridgehead atoms. The highest BCUT2D eigenvalue weighted by molar-refractivity contribution is 6.04. The van der Waals surface area contributed by atoms with Gasteiger partial charge in [0.25, 0.3) is 5.91 Å². The summed E-state index contributed by atoms with van der Waals surface area (Å²) in [6, 6.07) is 16.9. The van der Waals surface area contributed by atoms with E-state index in [1.54, 1.807) is 41.3 Å². The van der Waals surface area contributed by atoms with Crippen molar-refractivity contribution in [3.63, 3.8) is 0 Å². The number of aromatic nitrogens is 2. The fourth-order valence-electron chi connectivity index (χ4n) is 2.17. The highest BCUT2D eigenvalue weighted by Gasteiger charge is 2.08. The van der Waals surface area contributed by atoms with Gasteiger partial charge in [-0.3, -0.25) is 9.48 Å². The van der Waals surface area contributed by atoms with Gasteiger partial charge in [-0.05, 0) is 23.8 Å². The SMILES string of the molecule is Nc1cccc(C(=O)Nc2cnn(Cc3ccccc3)c2)c1. The van der Waals surface area contributed by atoms with Crippen LogP contribution in [0.15, 0.2) is 67.0 Å². The van der Waals surface area contributed by atoms with Crippen molar-refractivity contribution in [1.82, 2.24) is 9.78 Å². The molecule has 5 nitrogen and oxygen atoms in total. The monoisotopic (exact) mass is 292 g/mol. The second-order valence-corrected chi connectivity index (χ2v) is 4.99. The summed E-state index contributed by atoms with van der Waals surface area (Å²) in [5.74, 6) is -0.202. The maximum Gasteiger partial charge on any atom is 0.255 e. The van der Waals surface area contributed by atoms with E-state index in [9.17, 15) is 4.79 Å². The first-order chi connectivity index (χ1) is 10.7. The maximum absolute atomic E-state index is 12.1. The lowest BCUT2D eigenvalue weighted by Crippen LogP contribution is -2.11. The minimum absolute atomic E-state index is 0.202. The first-order valence-electron chi connectivity index (χ1n) is 6.94. The lowest BCUT2D eigenvalue weighted by Gasteiger charge is -2.03. The van der Waals surface area contributed by atoms with Crippen molar-refractivity contribution in [1.29, 1.82) is 0 Å². The Labute approximate surface area is 128 Å². The molecule has 3 N–H and O–H groups in total. The molecule has 0 saturated heterocycles. The molecule has 1 heterocycles. The molecule has 2 aromatic carbocycles. The number of benzene rings is 2. The standard InChI is InChI=1S/C17H16N4O/c18-15-8-4-7-14(9-15)17(22)20-16-10-19-21(12-16)11-13-5-2-1-3-6-13/h1-10,12H,11,18H2,(H,20,22). The average molecular weight is 292 g/mol. The third-order valence-corrected chi connectivity index (χ3v) is 3.23. The molecule has 0 fully saturated rings. The molecular weight excluding hydrogens is 276 g/mol. The topological polar surface area (TPSA) is 72.9 Å². The van der Waals surface area contributed by atoms with E-state index in [-0.39, 0.29) is 5.91 Å². The zero-order valence-electron chi connectivity index (χ0n) is 11.9. The maximum atomic E-state index is 12.1. The minimum atomic E-state index is -0.202. The molecule has 0 radical (unpaired) electrons. The summed E-state index contributed by atoms with van der Waals surface area (Å²) in [5, 5.41) is 7.07. The Bertz CT molecular complexity index is 780. The number of hydrogen-bond acceptors (Lipinski definition) is 3. The Morgan fingerprint density at radius 2 is 1.95 bits per heavy atom. The molecule has 3 aromatic rings. The van der Waals surface area contributed by atoms with Crippen LogP contribution >= 0.6 is 0 Å². The van der Waals surface area contributed by atoms with E-state index in [2.05, 4.69) is 10.4 Å². The third kappa shape index (κ3) is 3.32. The third-order valence-electron chi connectivity index (χ3n) is 3.23. The molecular formula is C17H16N4O. The number of amides is 1. The molecule has 0 unspecified atom stereocenters. The highest BCUT2D eigenvalue weighted by Crippen LogP contribution is 2.12. The van der Waals surface area contributed by atoms with Crippen LogP contribution in [0.4, 0.5) is 11.4 Å². The van der Waals surface area contributed by atoms with Gasteiger partial charge in [-0.25, -0.2) is 0 Å². The summed E-state index contributed by atoms with van der Waals surface area (Å²) >= 11 is 0. The van der Waals surface area contributed by atoms with Gasteiger partial charge < -0.3 is 11.1 Å². The molecule has 0 aliphatic rings. The molecule has 5 heteroatoms. The molecule has 0 aliphatic carbocycles. The molecule has 22 heavy (non-hydrogen) atoms. The second kappa shape index (κ2) is 6.13. The molecule has 1 aromatic heterocycles. The van der Waals surface area contributed by atoms with Gasteiger partial charge in [-0.15, -0.1) is 0 Å². The number of nitrogens with two attached hydrogens (primary N) is 1. The number of anilines is 2. The fraction of sp³-hybridized carbons (Fsp3) is 0.0588. The number of carbonyl (C=O) groups is 1. The lowest BCUT2D eigenvalue weighted by molar-refractivity contribution is 0.102. The quantitative estimate of drug-likeness (QED) is 0.726. The number of nitrogens with zero attached hydrogens (tertiary/aromatic N) is 2. The summed E-state index contributed by atoms with van der Waals surface area (Å²) < 4.78 is 1.78. The Kier molecular flexibility index (Phi) is 3.87. The predicted octanol–water partition coefficient (Wildman–Crippen LogP) is 2.77. The van der Waals surface area contributed by atoms with Gasteiger partial charge in [0.1, 0.15) is 0 Å². The Morgan fingerprint density at radius 1 is 1.14 bits per heavy atom. The van der Waals surface area contributed by atoms with Crippen LogP contribution in [0.25, 0.3) is 0 Å². The lowest BCUT2D eigenvalue weighted by atomic mass is 10.2. The molecule has 0 saturated carbocycles. The zero-order chi connectivity index (χ0) is 15.4. The molecule has 3 rings (SSSR count). The van der Waals surface area contributed by atoms with Gasteiger partial charge in [0, 0.05) is 17.4 Å². The summed E-state index contributed by atoms with van der Waals surface area (Å²) in [5.41, 5.74) is 8.58. The Hall–Kier alpha value is -3.08. The van der Waals surface area contributed by atoms with Crippen LogP contribution in [-0.4, -0.2) is 15.7 Å². The molecule has 0 spiro atoms. The summed E-state index contributed by atoms with van der Waals surface area (Å²) in [7, 11) is 0. The number of nitrogen functional groups attached to an aromatic ring is 1. The Balaban J connectivity index is 1.68. The largest absolute Gasteiger partial charge is 0.399 e. The van der Waals surface area contributed by atoms with E-state index in [0.717, 1.165) is 5.56 Å². The Morgan fingerprint density at radius 3 is 2.73 bits per heavy atom. The van der Waals surface area contributed by atoms with E-state index in [1.165, 1.54) is 0 Å². The second-order valence-electron chi connectivity index (χ2n) is 4.99. The van der Waals surface area contributed by atoms with E-state index in [4.69, 9.17) is 5.73 Å². The van der Waals surface area contributed by atoms with Crippen molar-refractivity contribution in [3.8, 4) is 0 Å². The van der Waals surface area contributed by atoms with Crippen LogP contribution in [-0.2, 0) is 6.54 Å². The summed E-state index contributed by atoms with van der Waals surface area (Å²) in [6.45, 7) is 0.662. The normalized spacial score (nSPS) is 10.4. The van der Waals surface area contributed by atoms with Crippen molar-refractivity contribution in [2.24, 2.45) is 0 Å². The van der Waals surface area contributed by atoms with E-state index < -0.39 is 0 Å². The average Bonchev–Trinajstić information content (AvgIpc) is 2.95. The van der Waals surface area contributed by atoms with Gasteiger partial charge in [-0.2, -0.15) is 5.10 Å². The van der Waals surface area contributed by atoms with Gasteiger partial charge >= 0.3 is 0 Å². The van der Waals surface area contributed by atoms with Crippen LogP contribution in [0.3, 0.4) is 0 Å². The molecule has 0 atom stereocenters. The molecule has 1 amide bonds. The van der Waals surface area contributed by atoms with Crippen molar-refractivity contribution < 1.29 is 4.79 Å². The summed E-state index contributed by atoms with van der Waals surface area (Å²) in [6.07, 6.45) is 3.43. The van der Waals surface area contributed by atoms with E-state index in [0.29, 0.717) is 23.5 Å². The van der Waals surface area contributed by atoms with Gasteiger partial charge in [0.15, 0.2) is 0 Å². The first kappa shape index (κ1) is 13.9. The van der Waals surface area contributed by atoms with Crippen molar-refractivity contribution >= 4 is 17.3 Å². The summed E-state index contributed by atoms with van der Waals surface area (Å²) in [4.78, 5) is 12.1.